The van der Waals surface area contributed by atoms with Crippen LogP contribution in [0.3, 0.4) is 0 Å². The van der Waals surface area contributed by atoms with Gasteiger partial charge in [-0.2, -0.15) is 0 Å². The van der Waals surface area contributed by atoms with Crippen LogP contribution in [0.5, 0.6) is 0 Å². The van der Waals surface area contributed by atoms with E-state index in [1.807, 2.05) is 4.90 Å². The van der Waals surface area contributed by atoms with Crippen molar-refractivity contribution >= 4 is 17.5 Å². The van der Waals surface area contributed by atoms with Crippen LogP contribution in [-0.4, -0.2) is 60.7 Å². The lowest BCUT2D eigenvalue weighted by molar-refractivity contribution is -0.141. The minimum atomic E-state index is -0.461. The molecule has 2 N–H and O–H groups in total. The maximum atomic E-state index is 11.9. The zero-order chi connectivity index (χ0) is 13.1. The van der Waals surface area contributed by atoms with Crippen LogP contribution >= 0.6 is 0 Å². The van der Waals surface area contributed by atoms with E-state index < -0.39 is 6.10 Å². The summed E-state index contributed by atoms with van der Waals surface area (Å²) in [5.41, 5.74) is 5.60. The number of nitrogen functional groups attached to an aromatic ring is 1. The van der Waals surface area contributed by atoms with Crippen molar-refractivity contribution in [2.45, 2.75) is 6.10 Å². The van der Waals surface area contributed by atoms with Gasteiger partial charge in [-0.15, -0.1) is 0 Å². The van der Waals surface area contributed by atoms with E-state index in [-0.39, 0.29) is 5.91 Å². The van der Waals surface area contributed by atoms with Gasteiger partial charge in [0.2, 0.25) is 0 Å². The maximum Gasteiger partial charge on any atom is 0.253 e. The summed E-state index contributed by atoms with van der Waals surface area (Å²) in [5, 5.41) is 0. The van der Waals surface area contributed by atoms with Crippen LogP contribution in [-0.2, 0) is 9.53 Å². The molecule has 0 radical (unpaired) electrons. The van der Waals surface area contributed by atoms with Gasteiger partial charge in [-0.05, 0) is 0 Å². The zero-order valence-electron chi connectivity index (χ0n) is 10.5. The van der Waals surface area contributed by atoms with E-state index in [2.05, 4.69) is 9.97 Å². The average Bonchev–Trinajstić information content (AvgIpc) is 2.38. The highest BCUT2D eigenvalue weighted by atomic mass is 16.5. The molecule has 1 amide bonds. The molecule has 1 saturated heterocycles. The van der Waals surface area contributed by atoms with E-state index in [0.717, 1.165) is 0 Å². The number of nitrogens with two attached hydrogens (primary N) is 1. The summed E-state index contributed by atoms with van der Waals surface area (Å²) < 4.78 is 5.47. The Morgan fingerprint density at radius 1 is 1.56 bits per heavy atom. The number of aromatic nitrogens is 2. The summed E-state index contributed by atoms with van der Waals surface area (Å²) in [6.45, 7) is 1.63. The Bertz CT molecular complexity index is 437. The first-order valence-corrected chi connectivity index (χ1v) is 5.73. The number of carbonyl (C=O) groups excluding carboxylic acids is 1. The minimum absolute atomic E-state index is 0.0448. The van der Waals surface area contributed by atoms with Crippen molar-refractivity contribution in [3.8, 4) is 0 Å². The summed E-state index contributed by atoms with van der Waals surface area (Å²) in [4.78, 5) is 23.5. The molecule has 1 fully saturated rings. The topological polar surface area (TPSA) is 84.6 Å². The Hall–Kier alpha value is -1.89. The number of hydrogen-bond acceptors (Lipinski definition) is 6. The van der Waals surface area contributed by atoms with E-state index in [0.29, 0.717) is 31.3 Å². The molecule has 0 aliphatic carbocycles. The Balaban J connectivity index is 2.09. The zero-order valence-corrected chi connectivity index (χ0v) is 10.5. The third-order valence-corrected chi connectivity index (χ3v) is 2.75. The summed E-state index contributed by atoms with van der Waals surface area (Å²) >= 11 is 0. The summed E-state index contributed by atoms with van der Waals surface area (Å²) in [6, 6.07) is 0. The molecule has 0 bridgehead atoms. The number of hydrogen-bond donors (Lipinski definition) is 1. The quantitative estimate of drug-likeness (QED) is 0.752. The predicted octanol–water partition coefficient (Wildman–Crippen LogP) is -0.648. The van der Waals surface area contributed by atoms with Gasteiger partial charge in [-0.3, -0.25) is 9.78 Å². The third kappa shape index (κ3) is 2.67. The van der Waals surface area contributed by atoms with E-state index in [4.69, 9.17) is 10.5 Å². The van der Waals surface area contributed by atoms with Crippen LogP contribution in [0, 0.1) is 0 Å². The molecule has 0 saturated carbocycles. The highest BCUT2D eigenvalue weighted by Crippen LogP contribution is 2.15. The number of morpholine rings is 1. The van der Waals surface area contributed by atoms with Crippen molar-refractivity contribution in [2.75, 3.05) is 44.4 Å². The average molecular weight is 251 g/mol. The molecule has 7 heteroatoms. The van der Waals surface area contributed by atoms with E-state index >= 15 is 0 Å². The van der Waals surface area contributed by atoms with Crippen molar-refractivity contribution in [1.29, 1.82) is 0 Å². The third-order valence-electron chi connectivity index (χ3n) is 2.75. The van der Waals surface area contributed by atoms with Crippen molar-refractivity contribution in [2.24, 2.45) is 0 Å². The molecular formula is C11H17N5O2. The molecule has 0 spiro atoms. The fourth-order valence-electron chi connectivity index (χ4n) is 1.82. The van der Waals surface area contributed by atoms with Crippen LogP contribution in [0.15, 0.2) is 12.4 Å². The Kier molecular flexibility index (Phi) is 3.61. The molecule has 2 heterocycles. The van der Waals surface area contributed by atoms with Crippen molar-refractivity contribution in [3.05, 3.63) is 12.4 Å². The van der Waals surface area contributed by atoms with Crippen molar-refractivity contribution < 1.29 is 9.53 Å². The summed E-state index contributed by atoms with van der Waals surface area (Å²) in [7, 11) is 3.43. The molecule has 98 valence electrons. The second-order valence-corrected chi connectivity index (χ2v) is 4.34. The number of nitrogens with zero attached hydrogens (tertiary/aromatic N) is 4. The van der Waals surface area contributed by atoms with Gasteiger partial charge in [0.05, 0.1) is 25.5 Å². The normalized spacial score (nSPS) is 19.7. The molecular weight excluding hydrogens is 234 g/mol. The number of amides is 1. The Labute approximate surface area is 106 Å². The Morgan fingerprint density at radius 3 is 3.00 bits per heavy atom. The van der Waals surface area contributed by atoms with Gasteiger partial charge in [0, 0.05) is 20.6 Å². The van der Waals surface area contributed by atoms with Crippen molar-refractivity contribution in [1.82, 2.24) is 14.9 Å². The molecule has 1 atom stereocenters. The lowest BCUT2D eigenvalue weighted by Gasteiger charge is -2.33. The highest BCUT2D eigenvalue weighted by Gasteiger charge is 2.28. The summed E-state index contributed by atoms with van der Waals surface area (Å²) in [5.74, 6) is 1.00. The van der Waals surface area contributed by atoms with Crippen LogP contribution in [0.25, 0.3) is 0 Å². The van der Waals surface area contributed by atoms with Gasteiger partial charge < -0.3 is 20.3 Å². The predicted molar refractivity (Wildman–Crippen MR) is 67.1 cm³/mol. The van der Waals surface area contributed by atoms with Crippen LogP contribution in [0.1, 0.15) is 0 Å². The molecule has 2 rings (SSSR count). The first-order chi connectivity index (χ1) is 8.58. The van der Waals surface area contributed by atoms with Crippen molar-refractivity contribution in [3.63, 3.8) is 0 Å². The monoisotopic (exact) mass is 251 g/mol. The Morgan fingerprint density at radius 2 is 2.33 bits per heavy atom. The molecule has 0 aromatic carbocycles. The number of anilines is 2. The largest absolute Gasteiger partial charge is 0.382 e. The molecule has 18 heavy (non-hydrogen) atoms. The minimum Gasteiger partial charge on any atom is -0.382 e. The molecule has 1 aliphatic rings. The number of likely N-dealkylation sites (N-methyl/N-ethyl adjacent to an activating group) is 1. The molecule has 1 aliphatic heterocycles. The lowest BCUT2D eigenvalue weighted by Crippen LogP contribution is -2.49. The fraction of sp³-hybridized carbons (Fsp3) is 0.545. The van der Waals surface area contributed by atoms with E-state index in [1.54, 1.807) is 20.3 Å². The van der Waals surface area contributed by atoms with Gasteiger partial charge in [0.1, 0.15) is 11.6 Å². The molecule has 1 unspecified atom stereocenters. The second kappa shape index (κ2) is 5.18. The number of carbonyl (C=O) groups is 1. The van der Waals surface area contributed by atoms with Gasteiger partial charge in [0.25, 0.3) is 5.91 Å². The van der Waals surface area contributed by atoms with E-state index in [9.17, 15) is 4.79 Å². The van der Waals surface area contributed by atoms with Crippen LogP contribution in [0.2, 0.25) is 0 Å². The number of rotatable bonds is 2. The van der Waals surface area contributed by atoms with Crippen LogP contribution < -0.4 is 10.6 Å². The van der Waals surface area contributed by atoms with Gasteiger partial charge in [-0.1, -0.05) is 0 Å². The van der Waals surface area contributed by atoms with E-state index in [1.165, 1.54) is 11.1 Å². The molecule has 7 nitrogen and oxygen atoms in total. The SMILES string of the molecule is CN(C)C(=O)C1CN(c2cncc(N)n2)CCO1. The standard InChI is InChI=1S/C11H17N5O2/c1-15(2)11(17)8-7-16(3-4-18-8)10-6-13-5-9(12)14-10/h5-6,8H,3-4,7H2,1-2H3,(H2,12,14). The highest BCUT2D eigenvalue weighted by molar-refractivity contribution is 5.81. The summed E-state index contributed by atoms with van der Waals surface area (Å²) in [6.07, 6.45) is 2.67. The van der Waals surface area contributed by atoms with Gasteiger partial charge >= 0.3 is 0 Å². The first-order valence-electron chi connectivity index (χ1n) is 5.73. The molecule has 1 aromatic heterocycles. The smallest absolute Gasteiger partial charge is 0.253 e. The van der Waals surface area contributed by atoms with Crippen LogP contribution in [0.4, 0.5) is 11.6 Å². The first kappa shape index (κ1) is 12.6. The van der Waals surface area contributed by atoms with Gasteiger partial charge in [0.15, 0.2) is 6.10 Å². The second-order valence-electron chi connectivity index (χ2n) is 4.34. The van der Waals surface area contributed by atoms with Gasteiger partial charge in [-0.25, -0.2) is 4.98 Å². The molecule has 1 aromatic rings. The number of ether oxygens (including phenoxy) is 1. The lowest BCUT2D eigenvalue weighted by atomic mass is 10.2. The fourth-order valence-corrected chi connectivity index (χ4v) is 1.82. The maximum absolute atomic E-state index is 11.9.